The fourth-order valence-electron chi connectivity index (χ4n) is 2.49. The average molecular weight is 375 g/mol. The Morgan fingerprint density at radius 3 is 2.44 bits per heavy atom. The van der Waals surface area contributed by atoms with Crippen molar-refractivity contribution in [1.29, 1.82) is 0 Å². The van der Waals surface area contributed by atoms with Crippen molar-refractivity contribution >= 4 is 0 Å². The molecule has 0 aromatic heterocycles. The first-order valence-corrected chi connectivity index (χ1v) is 8.99. The van der Waals surface area contributed by atoms with Crippen molar-refractivity contribution in [1.82, 2.24) is 5.32 Å². The van der Waals surface area contributed by atoms with E-state index in [4.69, 9.17) is 18.9 Å². The Hall–Kier alpha value is -2.28. The lowest BCUT2D eigenvalue weighted by Gasteiger charge is -2.14. The predicted octanol–water partition coefficient (Wildman–Crippen LogP) is 2.56. The first-order chi connectivity index (χ1) is 13.1. The fraction of sp³-hybridized carbons (Fsp3) is 0.429. The van der Waals surface area contributed by atoms with Crippen LogP contribution in [0.15, 0.2) is 42.5 Å². The van der Waals surface area contributed by atoms with Gasteiger partial charge in [-0.2, -0.15) is 0 Å². The molecule has 0 radical (unpaired) electrons. The Kier molecular flexibility index (Phi) is 8.91. The van der Waals surface area contributed by atoms with Gasteiger partial charge in [0.25, 0.3) is 0 Å². The van der Waals surface area contributed by atoms with E-state index in [1.807, 2.05) is 49.4 Å². The van der Waals surface area contributed by atoms with Gasteiger partial charge in [-0.15, -0.1) is 0 Å². The van der Waals surface area contributed by atoms with Crippen LogP contribution in [0.5, 0.6) is 17.2 Å². The summed E-state index contributed by atoms with van der Waals surface area (Å²) < 4.78 is 21.7. The van der Waals surface area contributed by atoms with Crippen LogP contribution in [0.2, 0.25) is 0 Å². The second kappa shape index (κ2) is 11.4. The lowest BCUT2D eigenvalue weighted by atomic mass is 10.2. The number of hydrogen-bond donors (Lipinski definition) is 2. The zero-order chi connectivity index (χ0) is 19.5. The molecule has 2 aromatic carbocycles. The molecule has 2 N–H and O–H groups in total. The minimum Gasteiger partial charge on any atom is -0.493 e. The van der Waals surface area contributed by atoms with Gasteiger partial charge in [-0.3, -0.25) is 0 Å². The van der Waals surface area contributed by atoms with Crippen LogP contribution in [0.25, 0.3) is 0 Å². The Balaban J connectivity index is 1.58. The molecule has 0 aliphatic carbocycles. The highest BCUT2D eigenvalue weighted by Crippen LogP contribution is 2.27. The molecular weight excluding hydrogens is 346 g/mol. The third kappa shape index (κ3) is 7.46. The quantitative estimate of drug-likeness (QED) is 0.556. The molecule has 148 valence electrons. The summed E-state index contributed by atoms with van der Waals surface area (Å²) in [6.07, 6.45) is -0.579. The van der Waals surface area contributed by atoms with E-state index in [9.17, 15) is 5.11 Å². The predicted molar refractivity (Wildman–Crippen MR) is 105 cm³/mol. The normalized spacial score (nSPS) is 11.9. The van der Waals surface area contributed by atoms with Crippen LogP contribution in [-0.4, -0.2) is 51.7 Å². The number of methoxy groups -OCH3 is 2. The van der Waals surface area contributed by atoms with Crippen molar-refractivity contribution in [2.24, 2.45) is 0 Å². The van der Waals surface area contributed by atoms with Gasteiger partial charge >= 0.3 is 0 Å². The van der Waals surface area contributed by atoms with Gasteiger partial charge in [0, 0.05) is 13.1 Å². The third-order valence-electron chi connectivity index (χ3n) is 3.98. The highest BCUT2D eigenvalue weighted by molar-refractivity contribution is 5.42. The van der Waals surface area contributed by atoms with Gasteiger partial charge in [-0.05, 0) is 36.8 Å². The molecule has 1 atom stereocenters. The number of benzene rings is 2. The van der Waals surface area contributed by atoms with Crippen LogP contribution in [0.4, 0.5) is 0 Å². The van der Waals surface area contributed by atoms with E-state index in [1.54, 1.807) is 14.2 Å². The first kappa shape index (κ1) is 21.0. The average Bonchev–Trinajstić information content (AvgIpc) is 2.69. The maximum Gasteiger partial charge on any atom is 0.161 e. The van der Waals surface area contributed by atoms with Crippen LogP contribution in [0, 0.1) is 6.92 Å². The molecule has 0 saturated heterocycles. The number of aliphatic hydroxyl groups excluding tert-OH is 1. The summed E-state index contributed by atoms with van der Waals surface area (Å²) in [6, 6.07) is 13.5. The Bertz CT molecular complexity index is 675. The molecule has 0 saturated carbocycles. The summed E-state index contributed by atoms with van der Waals surface area (Å²) >= 11 is 0. The zero-order valence-electron chi connectivity index (χ0n) is 16.2. The van der Waals surface area contributed by atoms with Crippen molar-refractivity contribution in [3.8, 4) is 17.2 Å². The van der Waals surface area contributed by atoms with Gasteiger partial charge in [-0.1, -0.05) is 23.8 Å². The van der Waals surface area contributed by atoms with Gasteiger partial charge in [0.1, 0.15) is 12.4 Å². The van der Waals surface area contributed by atoms with E-state index in [0.717, 1.165) is 11.3 Å². The SMILES string of the molecule is COc1ccc(COC[C@H](O)CNCCOc2ccc(C)cc2)cc1OC. The molecular formula is C21H29NO5. The smallest absolute Gasteiger partial charge is 0.161 e. The maximum atomic E-state index is 9.98. The van der Waals surface area contributed by atoms with Crippen molar-refractivity contribution in [2.75, 3.05) is 40.5 Å². The second-order valence-electron chi connectivity index (χ2n) is 6.22. The van der Waals surface area contributed by atoms with Gasteiger partial charge in [0.2, 0.25) is 0 Å². The van der Waals surface area contributed by atoms with E-state index in [0.29, 0.717) is 37.8 Å². The fourth-order valence-corrected chi connectivity index (χ4v) is 2.49. The van der Waals surface area contributed by atoms with Crippen LogP contribution in [0.1, 0.15) is 11.1 Å². The summed E-state index contributed by atoms with van der Waals surface area (Å²) in [7, 11) is 3.20. The van der Waals surface area contributed by atoms with Crippen LogP contribution in [-0.2, 0) is 11.3 Å². The van der Waals surface area contributed by atoms with Crippen molar-refractivity contribution in [2.45, 2.75) is 19.6 Å². The molecule has 6 nitrogen and oxygen atoms in total. The van der Waals surface area contributed by atoms with Crippen LogP contribution < -0.4 is 19.5 Å². The van der Waals surface area contributed by atoms with Crippen molar-refractivity contribution in [3.63, 3.8) is 0 Å². The van der Waals surface area contributed by atoms with E-state index < -0.39 is 6.10 Å². The highest BCUT2D eigenvalue weighted by atomic mass is 16.5. The number of nitrogens with one attached hydrogen (secondary N) is 1. The zero-order valence-corrected chi connectivity index (χ0v) is 16.2. The van der Waals surface area contributed by atoms with E-state index in [2.05, 4.69) is 5.32 Å². The van der Waals surface area contributed by atoms with Gasteiger partial charge < -0.3 is 29.4 Å². The Labute approximate surface area is 161 Å². The molecule has 2 aromatic rings. The molecule has 0 unspecified atom stereocenters. The summed E-state index contributed by atoms with van der Waals surface area (Å²) in [5.74, 6) is 2.19. The van der Waals surface area contributed by atoms with E-state index >= 15 is 0 Å². The summed E-state index contributed by atoms with van der Waals surface area (Å²) in [5.41, 5.74) is 2.16. The molecule has 0 spiro atoms. The molecule has 27 heavy (non-hydrogen) atoms. The molecule has 0 heterocycles. The number of rotatable bonds is 12. The Morgan fingerprint density at radius 2 is 1.74 bits per heavy atom. The standard InChI is InChI=1S/C21H29NO5/c1-16-4-7-19(8-5-16)27-11-10-22-13-18(23)15-26-14-17-6-9-20(24-2)21(12-17)25-3/h4-9,12,18,22-23H,10-11,13-15H2,1-3H3/t18-/m1/s1. The van der Waals surface area contributed by atoms with Gasteiger partial charge in [0.05, 0.1) is 33.5 Å². The second-order valence-corrected chi connectivity index (χ2v) is 6.22. The molecule has 6 heteroatoms. The van der Waals surface area contributed by atoms with Crippen LogP contribution in [0.3, 0.4) is 0 Å². The summed E-state index contributed by atoms with van der Waals surface area (Å²) in [6.45, 7) is 4.33. The monoisotopic (exact) mass is 375 g/mol. The number of aryl methyl sites for hydroxylation is 1. The number of ether oxygens (including phenoxy) is 4. The summed E-state index contributed by atoms with van der Waals surface area (Å²) in [4.78, 5) is 0. The van der Waals surface area contributed by atoms with Crippen molar-refractivity contribution in [3.05, 3.63) is 53.6 Å². The Morgan fingerprint density at radius 1 is 1.00 bits per heavy atom. The van der Waals surface area contributed by atoms with Crippen molar-refractivity contribution < 1.29 is 24.1 Å². The molecule has 0 fully saturated rings. The molecule has 0 amide bonds. The molecule has 0 aliphatic rings. The van der Waals surface area contributed by atoms with E-state index in [-0.39, 0.29) is 6.61 Å². The lowest BCUT2D eigenvalue weighted by Crippen LogP contribution is -2.32. The van der Waals surface area contributed by atoms with Crippen LogP contribution >= 0.6 is 0 Å². The topological polar surface area (TPSA) is 69.2 Å². The number of aliphatic hydroxyl groups is 1. The highest BCUT2D eigenvalue weighted by Gasteiger charge is 2.07. The minimum atomic E-state index is -0.579. The number of hydrogen-bond acceptors (Lipinski definition) is 6. The van der Waals surface area contributed by atoms with Gasteiger partial charge in [0.15, 0.2) is 11.5 Å². The molecule has 0 bridgehead atoms. The maximum absolute atomic E-state index is 9.98. The first-order valence-electron chi connectivity index (χ1n) is 8.99. The van der Waals surface area contributed by atoms with E-state index in [1.165, 1.54) is 5.56 Å². The van der Waals surface area contributed by atoms with Gasteiger partial charge in [-0.25, -0.2) is 0 Å². The minimum absolute atomic E-state index is 0.250. The summed E-state index contributed by atoms with van der Waals surface area (Å²) in [5, 5.41) is 13.1. The lowest BCUT2D eigenvalue weighted by molar-refractivity contribution is 0.0285. The molecule has 2 rings (SSSR count). The third-order valence-corrected chi connectivity index (χ3v) is 3.98. The molecule has 0 aliphatic heterocycles. The largest absolute Gasteiger partial charge is 0.493 e.